The lowest BCUT2D eigenvalue weighted by Crippen LogP contribution is -2.49. The Bertz CT molecular complexity index is 609. The summed E-state index contributed by atoms with van der Waals surface area (Å²) in [4.78, 5) is 15.1. The van der Waals surface area contributed by atoms with Crippen molar-refractivity contribution in [1.82, 2.24) is 19.5 Å². The quantitative estimate of drug-likeness (QED) is 0.852. The summed E-state index contributed by atoms with van der Waals surface area (Å²) in [5.74, 6) is 2.97. The van der Waals surface area contributed by atoms with Gasteiger partial charge in [0.25, 0.3) is 0 Å². The summed E-state index contributed by atoms with van der Waals surface area (Å²) in [7, 11) is 1.61. The highest BCUT2D eigenvalue weighted by Gasteiger charge is 2.29. The van der Waals surface area contributed by atoms with Crippen molar-refractivity contribution in [3.63, 3.8) is 0 Å². The summed E-state index contributed by atoms with van der Waals surface area (Å²) in [5.41, 5.74) is 0. The Kier molecular flexibility index (Phi) is 3.60. The molecule has 106 valence electrons. The van der Waals surface area contributed by atoms with Gasteiger partial charge in [0, 0.05) is 37.9 Å². The Morgan fingerprint density at radius 2 is 2.20 bits per heavy atom. The van der Waals surface area contributed by atoms with E-state index < -0.39 is 0 Å². The van der Waals surface area contributed by atoms with Gasteiger partial charge in [-0.3, -0.25) is 0 Å². The van der Waals surface area contributed by atoms with Gasteiger partial charge in [-0.15, -0.1) is 0 Å². The van der Waals surface area contributed by atoms with Gasteiger partial charge in [0.05, 0.1) is 17.8 Å². The number of aryl methyl sites for hydroxylation is 1. The van der Waals surface area contributed by atoms with Gasteiger partial charge in [-0.1, -0.05) is 0 Å². The van der Waals surface area contributed by atoms with Crippen LogP contribution in [-0.2, 0) is 6.54 Å². The zero-order chi connectivity index (χ0) is 14.1. The molecule has 2 aromatic rings. The van der Waals surface area contributed by atoms with E-state index in [9.17, 15) is 0 Å². The molecule has 0 bridgehead atoms. The lowest BCUT2D eigenvalue weighted by molar-refractivity contribution is 0.346. The molecule has 3 heterocycles. The first-order valence-corrected chi connectivity index (χ1v) is 7.26. The molecular formula is C13H16BrN5O. The molecule has 0 aliphatic carbocycles. The lowest BCUT2D eigenvalue weighted by Gasteiger charge is -2.39. The Morgan fingerprint density at radius 1 is 1.40 bits per heavy atom. The van der Waals surface area contributed by atoms with Crippen LogP contribution in [0.5, 0.6) is 5.88 Å². The first-order valence-electron chi connectivity index (χ1n) is 6.46. The minimum absolute atomic E-state index is 0.573. The van der Waals surface area contributed by atoms with Crippen LogP contribution in [0.15, 0.2) is 23.1 Å². The van der Waals surface area contributed by atoms with Gasteiger partial charge in [-0.05, 0) is 22.9 Å². The minimum atomic E-state index is 0.573. The first-order chi connectivity index (χ1) is 9.67. The number of imidazole rings is 1. The Balaban J connectivity index is 1.61. The molecule has 0 saturated carbocycles. The Morgan fingerprint density at radius 3 is 2.85 bits per heavy atom. The van der Waals surface area contributed by atoms with Gasteiger partial charge in [0.15, 0.2) is 0 Å². The van der Waals surface area contributed by atoms with Crippen molar-refractivity contribution in [2.24, 2.45) is 5.92 Å². The summed E-state index contributed by atoms with van der Waals surface area (Å²) in [6.45, 7) is 4.94. The van der Waals surface area contributed by atoms with Crippen LogP contribution in [-0.4, -0.2) is 39.7 Å². The second-order valence-corrected chi connectivity index (χ2v) is 5.78. The summed E-state index contributed by atoms with van der Waals surface area (Å²) >= 11 is 3.36. The van der Waals surface area contributed by atoms with E-state index in [1.54, 1.807) is 13.3 Å². The van der Waals surface area contributed by atoms with E-state index in [0.29, 0.717) is 11.8 Å². The van der Waals surface area contributed by atoms with E-state index in [-0.39, 0.29) is 0 Å². The van der Waals surface area contributed by atoms with Crippen LogP contribution in [0.3, 0.4) is 0 Å². The van der Waals surface area contributed by atoms with Gasteiger partial charge in [-0.2, -0.15) is 4.98 Å². The fourth-order valence-electron chi connectivity index (χ4n) is 2.36. The molecular weight excluding hydrogens is 322 g/mol. The van der Waals surface area contributed by atoms with E-state index in [0.717, 1.165) is 35.9 Å². The van der Waals surface area contributed by atoms with Gasteiger partial charge in [-0.25, -0.2) is 9.97 Å². The third kappa shape index (κ3) is 2.49. The molecule has 1 aliphatic heterocycles. The number of rotatable bonds is 4. The summed E-state index contributed by atoms with van der Waals surface area (Å²) in [6.07, 6.45) is 5.60. The van der Waals surface area contributed by atoms with E-state index in [1.807, 2.05) is 19.3 Å². The van der Waals surface area contributed by atoms with Crippen molar-refractivity contribution in [1.29, 1.82) is 0 Å². The molecule has 0 atom stereocenters. The second kappa shape index (κ2) is 5.40. The van der Waals surface area contributed by atoms with Crippen molar-refractivity contribution in [3.05, 3.63) is 28.9 Å². The van der Waals surface area contributed by atoms with Gasteiger partial charge >= 0.3 is 0 Å². The SMILES string of the molecule is COc1nc(N2CC(Cn3ccnc3C)C2)ncc1Br. The van der Waals surface area contributed by atoms with E-state index in [4.69, 9.17) is 4.74 Å². The van der Waals surface area contributed by atoms with Gasteiger partial charge in [0.1, 0.15) is 5.82 Å². The van der Waals surface area contributed by atoms with E-state index in [2.05, 4.69) is 40.3 Å². The molecule has 6 nitrogen and oxygen atoms in total. The van der Waals surface area contributed by atoms with Crippen LogP contribution in [0.1, 0.15) is 5.82 Å². The highest BCUT2D eigenvalue weighted by atomic mass is 79.9. The number of anilines is 1. The average molecular weight is 338 g/mol. The molecule has 3 rings (SSSR count). The van der Waals surface area contributed by atoms with Crippen LogP contribution in [0.4, 0.5) is 5.95 Å². The van der Waals surface area contributed by atoms with Crippen molar-refractivity contribution >= 4 is 21.9 Å². The zero-order valence-corrected chi connectivity index (χ0v) is 13.0. The number of hydrogen-bond donors (Lipinski definition) is 0. The third-order valence-electron chi connectivity index (χ3n) is 3.51. The average Bonchev–Trinajstić information content (AvgIpc) is 2.80. The summed E-state index contributed by atoms with van der Waals surface area (Å²) in [5, 5.41) is 0. The number of methoxy groups -OCH3 is 1. The molecule has 0 aromatic carbocycles. The van der Waals surface area contributed by atoms with Crippen LogP contribution < -0.4 is 9.64 Å². The number of ether oxygens (including phenoxy) is 1. The predicted molar refractivity (Wildman–Crippen MR) is 79.0 cm³/mol. The maximum absolute atomic E-state index is 5.20. The van der Waals surface area contributed by atoms with Crippen molar-refractivity contribution in [2.75, 3.05) is 25.1 Å². The molecule has 0 radical (unpaired) electrons. The number of aromatic nitrogens is 4. The standard InChI is InChI=1S/C13H16BrN5O/c1-9-15-3-4-18(9)6-10-7-19(8-10)13-16-5-11(14)12(17-13)20-2/h3-5,10H,6-8H2,1-2H3. The molecule has 20 heavy (non-hydrogen) atoms. The Labute approximate surface area is 125 Å². The third-order valence-corrected chi connectivity index (χ3v) is 4.06. The topological polar surface area (TPSA) is 56.1 Å². The number of nitrogens with zero attached hydrogens (tertiary/aromatic N) is 5. The maximum atomic E-state index is 5.20. The van der Waals surface area contributed by atoms with Crippen molar-refractivity contribution in [3.8, 4) is 5.88 Å². The fourth-order valence-corrected chi connectivity index (χ4v) is 2.71. The molecule has 1 fully saturated rings. The second-order valence-electron chi connectivity index (χ2n) is 4.93. The highest BCUT2D eigenvalue weighted by Crippen LogP contribution is 2.27. The van der Waals surface area contributed by atoms with E-state index >= 15 is 0 Å². The molecule has 0 unspecified atom stereocenters. The molecule has 0 amide bonds. The molecule has 0 spiro atoms. The van der Waals surface area contributed by atoms with E-state index in [1.165, 1.54) is 0 Å². The smallest absolute Gasteiger partial charge is 0.232 e. The first kappa shape index (κ1) is 13.4. The normalized spacial score (nSPS) is 15.2. The number of halogens is 1. The molecule has 1 aliphatic rings. The highest BCUT2D eigenvalue weighted by molar-refractivity contribution is 9.10. The number of hydrogen-bond acceptors (Lipinski definition) is 5. The fraction of sp³-hybridized carbons (Fsp3) is 0.462. The maximum Gasteiger partial charge on any atom is 0.232 e. The van der Waals surface area contributed by atoms with Crippen molar-refractivity contribution in [2.45, 2.75) is 13.5 Å². The predicted octanol–water partition coefficient (Wildman–Crippen LogP) is 1.89. The summed E-state index contributed by atoms with van der Waals surface area (Å²) in [6, 6.07) is 0. The van der Waals surface area contributed by atoms with Gasteiger partial charge < -0.3 is 14.2 Å². The zero-order valence-electron chi connectivity index (χ0n) is 11.5. The lowest BCUT2D eigenvalue weighted by atomic mass is 10.0. The largest absolute Gasteiger partial charge is 0.480 e. The van der Waals surface area contributed by atoms with Crippen LogP contribution in [0, 0.1) is 12.8 Å². The monoisotopic (exact) mass is 337 g/mol. The Hall–Kier alpha value is -1.63. The molecule has 7 heteroatoms. The molecule has 1 saturated heterocycles. The molecule has 2 aromatic heterocycles. The van der Waals surface area contributed by atoms with Crippen LogP contribution in [0.25, 0.3) is 0 Å². The van der Waals surface area contributed by atoms with Crippen molar-refractivity contribution < 1.29 is 4.74 Å². The minimum Gasteiger partial charge on any atom is -0.480 e. The van der Waals surface area contributed by atoms with Crippen LogP contribution in [0.2, 0.25) is 0 Å². The molecule has 0 N–H and O–H groups in total. The summed E-state index contributed by atoms with van der Waals surface area (Å²) < 4.78 is 8.15. The van der Waals surface area contributed by atoms with Crippen LogP contribution >= 0.6 is 15.9 Å². The van der Waals surface area contributed by atoms with Gasteiger partial charge in [0.2, 0.25) is 11.8 Å².